The van der Waals surface area contributed by atoms with Crippen LogP contribution in [0.1, 0.15) is 5.56 Å². The maximum Gasteiger partial charge on any atom is 0.256 e. The third-order valence-electron chi connectivity index (χ3n) is 4.03. The number of sulfonamides is 1. The van der Waals surface area contributed by atoms with Crippen molar-refractivity contribution in [2.24, 2.45) is 9.39 Å². The number of rotatable bonds is 3. The lowest BCUT2D eigenvalue weighted by atomic mass is 10.0. The van der Waals surface area contributed by atoms with E-state index in [0.29, 0.717) is 39.5 Å². The summed E-state index contributed by atoms with van der Waals surface area (Å²) in [5.41, 5.74) is 1.43. The number of hydrogen-bond donors (Lipinski definition) is 0. The molecule has 0 radical (unpaired) electrons. The largest absolute Gasteiger partial charge is 0.457 e. The standard InChI is InChI=1S/C18H13Cl2N3O3S/c19-16-6-5-14(9-17(16)20)26-13-3-1-12(2-4-13)15-10-21-11-23-7-8-27(24,25)22-18(15)23/h1-6,9-11H,7-8H2. The number of halogens is 2. The predicted octanol–water partition coefficient (Wildman–Crippen LogP) is 4.21. The summed E-state index contributed by atoms with van der Waals surface area (Å²) in [7, 11) is -3.45. The normalized spacial score (nSPS) is 17.8. The molecule has 0 atom stereocenters. The molecular weight excluding hydrogens is 409 g/mol. The number of hydrogen-bond acceptors (Lipinski definition) is 5. The van der Waals surface area contributed by atoms with Gasteiger partial charge in [0, 0.05) is 24.4 Å². The number of fused-ring (bicyclic) bond motifs is 1. The highest BCUT2D eigenvalue weighted by atomic mass is 35.5. The van der Waals surface area contributed by atoms with Gasteiger partial charge in [0.2, 0.25) is 0 Å². The van der Waals surface area contributed by atoms with Crippen molar-refractivity contribution in [1.29, 1.82) is 0 Å². The molecule has 27 heavy (non-hydrogen) atoms. The van der Waals surface area contributed by atoms with E-state index in [2.05, 4.69) is 9.39 Å². The summed E-state index contributed by atoms with van der Waals surface area (Å²) in [5.74, 6) is 1.53. The van der Waals surface area contributed by atoms with E-state index >= 15 is 0 Å². The lowest BCUT2D eigenvalue weighted by molar-refractivity contribution is 0.482. The number of nitrogens with zero attached hydrogens (tertiary/aromatic N) is 3. The van der Waals surface area contributed by atoms with E-state index in [1.807, 2.05) is 12.1 Å². The summed E-state index contributed by atoms with van der Waals surface area (Å²) in [5, 5.41) is 0.865. The molecular formula is C18H13Cl2N3O3S. The maximum atomic E-state index is 11.9. The fourth-order valence-electron chi connectivity index (χ4n) is 2.69. The molecule has 0 bridgehead atoms. The van der Waals surface area contributed by atoms with Gasteiger partial charge in [-0.15, -0.1) is 4.40 Å². The number of benzene rings is 2. The van der Waals surface area contributed by atoms with Crippen molar-refractivity contribution in [3.63, 3.8) is 0 Å². The predicted molar refractivity (Wildman–Crippen MR) is 107 cm³/mol. The SMILES string of the molecule is O=S1(=O)CCN2C=NC=C(c3ccc(Oc4ccc(Cl)c(Cl)c4)cc3)C2=N1. The molecule has 2 heterocycles. The highest BCUT2D eigenvalue weighted by Gasteiger charge is 2.28. The molecule has 2 aromatic rings. The Hall–Kier alpha value is -2.35. The summed E-state index contributed by atoms with van der Waals surface area (Å²) in [6.07, 6.45) is 3.18. The third-order valence-corrected chi connectivity index (χ3v) is 5.92. The first-order chi connectivity index (χ1) is 12.9. The van der Waals surface area contributed by atoms with E-state index in [0.717, 1.165) is 5.56 Å². The first-order valence-corrected chi connectivity index (χ1v) is 10.3. The Morgan fingerprint density at radius 2 is 1.74 bits per heavy atom. The van der Waals surface area contributed by atoms with Crippen molar-refractivity contribution in [3.8, 4) is 11.5 Å². The molecule has 6 nitrogen and oxygen atoms in total. The molecule has 0 amide bonds. The smallest absolute Gasteiger partial charge is 0.256 e. The molecule has 0 saturated heterocycles. The molecule has 4 rings (SSSR count). The minimum Gasteiger partial charge on any atom is -0.457 e. The second-order valence-corrected chi connectivity index (χ2v) is 8.47. The summed E-state index contributed by atoms with van der Waals surface area (Å²) in [6, 6.07) is 12.2. The number of amidine groups is 1. The van der Waals surface area contributed by atoms with Crippen molar-refractivity contribution < 1.29 is 13.2 Å². The first-order valence-electron chi connectivity index (χ1n) is 7.98. The molecule has 0 N–H and O–H groups in total. The maximum absolute atomic E-state index is 11.9. The number of ether oxygens (including phenoxy) is 1. The van der Waals surface area contributed by atoms with Gasteiger partial charge in [0.05, 0.1) is 22.1 Å². The van der Waals surface area contributed by atoms with E-state index in [-0.39, 0.29) is 5.75 Å². The molecule has 2 aromatic carbocycles. The van der Waals surface area contributed by atoms with Gasteiger partial charge < -0.3 is 9.64 Å². The van der Waals surface area contributed by atoms with Gasteiger partial charge >= 0.3 is 0 Å². The Morgan fingerprint density at radius 3 is 2.48 bits per heavy atom. The quantitative estimate of drug-likeness (QED) is 0.743. The first kappa shape index (κ1) is 18.0. The van der Waals surface area contributed by atoms with Gasteiger partial charge in [-0.25, -0.2) is 13.4 Å². The Morgan fingerprint density at radius 1 is 1.00 bits per heavy atom. The minimum absolute atomic E-state index is 0.0216. The van der Waals surface area contributed by atoms with Gasteiger partial charge in [-0.05, 0) is 29.8 Å². The van der Waals surface area contributed by atoms with E-state index < -0.39 is 10.0 Å². The summed E-state index contributed by atoms with van der Waals surface area (Å²) in [4.78, 5) is 5.91. The Labute approximate surface area is 166 Å². The average molecular weight is 422 g/mol. The third kappa shape index (κ3) is 3.85. The summed E-state index contributed by atoms with van der Waals surface area (Å²) >= 11 is 11.9. The molecule has 0 saturated carbocycles. The molecule has 0 aromatic heterocycles. The molecule has 0 unspecified atom stereocenters. The van der Waals surface area contributed by atoms with Crippen molar-refractivity contribution in [2.75, 3.05) is 12.3 Å². The molecule has 0 spiro atoms. The second-order valence-electron chi connectivity index (χ2n) is 5.90. The zero-order valence-corrected chi connectivity index (χ0v) is 16.2. The van der Waals surface area contributed by atoms with Crippen LogP contribution in [0.25, 0.3) is 5.57 Å². The van der Waals surface area contributed by atoms with Crippen LogP contribution in [-0.2, 0) is 10.0 Å². The van der Waals surface area contributed by atoms with Gasteiger partial charge in [-0.3, -0.25) is 0 Å². The van der Waals surface area contributed by atoms with Gasteiger partial charge in [0.25, 0.3) is 10.0 Å². The Balaban J connectivity index is 1.60. The van der Waals surface area contributed by atoms with Gasteiger partial charge in [0.15, 0.2) is 5.84 Å². The molecule has 2 aliphatic heterocycles. The zero-order chi connectivity index (χ0) is 19.0. The van der Waals surface area contributed by atoms with Crippen LogP contribution in [0.4, 0.5) is 0 Å². The highest BCUT2D eigenvalue weighted by Crippen LogP contribution is 2.31. The second kappa shape index (κ2) is 6.99. The van der Waals surface area contributed by atoms with Crippen LogP contribution in [0.3, 0.4) is 0 Å². The monoisotopic (exact) mass is 421 g/mol. The van der Waals surface area contributed by atoms with Gasteiger partial charge in [-0.2, -0.15) is 0 Å². The Kier molecular flexibility index (Phi) is 4.67. The van der Waals surface area contributed by atoms with Crippen LogP contribution in [0, 0.1) is 0 Å². The fourth-order valence-corrected chi connectivity index (χ4v) is 3.97. The fraction of sp³-hybridized carbons (Fsp3) is 0.111. The van der Waals surface area contributed by atoms with Crippen molar-refractivity contribution >= 4 is 51.0 Å². The van der Waals surface area contributed by atoms with Crippen LogP contribution in [0.5, 0.6) is 11.5 Å². The molecule has 2 aliphatic rings. The average Bonchev–Trinajstić information content (AvgIpc) is 2.64. The lowest BCUT2D eigenvalue weighted by Crippen LogP contribution is -2.40. The molecule has 9 heteroatoms. The van der Waals surface area contributed by atoms with Crippen LogP contribution in [0.15, 0.2) is 58.1 Å². The van der Waals surface area contributed by atoms with Gasteiger partial charge in [0.1, 0.15) is 11.5 Å². The van der Waals surface area contributed by atoms with Crippen LogP contribution >= 0.6 is 23.2 Å². The van der Waals surface area contributed by atoms with Crippen molar-refractivity contribution in [2.45, 2.75) is 0 Å². The molecule has 138 valence electrons. The molecule has 0 aliphatic carbocycles. The van der Waals surface area contributed by atoms with E-state index in [9.17, 15) is 8.42 Å². The lowest BCUT2D eigenvalue weighted by Gasteiger charge is -2.28. The topological polar surface area (TPSA) is 71.3 Å². The van der Waals surface area contributed by atoms with E-state index in [4.69, 9.17) is 27.9 Å². The Bertz CT molecular complexity index is 1090. The van der Waals surface area contributed by atoms with Crippen molar-refractivity contribution in [3.05, 3.63) is 64.3 Å². The van der Waals surface area contributed by atoms with Crippen LogP contribution in [-0.4, -0.2) is 37.8 Å². The van der Waals surface area contributed by atoms with Crippen molar-refractivity contribution in [1.82, 2.24) is 4.90 Å². The number of aliphatic imine (C=N–C) groups is 1. The van der Waals surface area contributed by atoms with Crippen LogP contribution in [0.2, 0.25) is 10.0 Å². The van der Waals surface area contributed by atoms with Crippen LogP contribution < -0.4 is 4.74 Å². The highest BCUT2D eigenvalue weighted by molar-refractivity contribution is 7.90. The minimum atomic E-state index is -3.45. The van der Waals surface area contributed by atoms with E-state index in [1.54, 1.807) is 47.8 Å². The summed E-state index contributed by atoms with van der Waals surface area (Å²) < 4.78 is 33.4. The van der Waals surface area contributed by atoms with Gasteiger partial charge in [-0.1, -0.05) is 35.3 Å². The summed E-state index contributed by atoms with van der Waals surface area (Å²) in [6.45, 7) is 0.334. The van der Waals surface area contributed by atoms with E-state index in [1.165, 1.54) is 0 Å². The molecule has 0 fully saturated rings. The zero-order valence-electron chi connectivity index (χ0n) is 13.8.